The third kappa shape index (κ3) is 6.67. The second-order valence-electron chi connectivity index (χ2n) is 3.95. The summed E-state index contributed by atoms with van der Waals surface area (Å²) in [6.07, 6.45) is 2.75. The third-order valence-electron chi connectivity index (χ3n) is 2.19. The molecule has 0 radical (unpaired) electrons. The van der Waals surface area contributed by atoms with Crippen molar-refractivity contribution in [3.05, 3.63) is 16.5 Å². The molecule has 1 N–H and O–H groups in total. The number of ether oxygens (including phenoxy) is 1. The van der Waals surface area contributed by atoms with Crippen LogP contribution in [0.25, 0.3) is 0 Å². The molecule has 0 fully saturated rings. The summed E-state index contributed by atoms with van der Waals surface area (Å²) in [6.45, 7) is 0.349. The smallest absolute Gasteiger partial charge is 0.264 e. The number of anilines is 1. The molecule has 0 amide bonds. The Balaban J connectivity index is 2.64. The van der Waals surface area contributed by atoms with Gasteiger partial charge in [0.05, 0.1) is 31.7 Å². The zero-order chi connectivity index (χ0) is 15.2. The molecular formula is C10H15Cl2N3O4S. The SMILES string of the molecule is COCC(CCOS(C)(=O)=O)Nc1nc(Cl)ncc1Cl. The predicted molar refractivity (Wildman–Crippen MR) is 76.8 cm³/mol. The predicted octanol–water partition coefficient (Wildman–Crippen LogP) is 1.58. The lowest BCUT2D eigenvalue weighted by Gasteiger charge is -2.18. The van der Waals surface area contributed by atoms with Crippen LogP contribution in [-0.4, -0.2) is 51.0 Å². The molecule has 10 heteroatoms. The van der Waals surface area contributed by atoms with Crippen LogP contribution < -0.4 is 5.32 Å². The summed E-state index contributed by atoms with van der Waals surface area (Å²) in [7, 11) is -1.94. The van der Waals surface area contributed by atoms with E-state index in [9.17, 15) is 8.42 Å². The van der Waals surface area contributed by atoms with E-state index in [0.717, 1.165) is 6.26 Å². The van der Waals surface area contributed by atoms with Gasteiger partial charge in [0, 0.05) is 7.11 Å². The lowest BCUT2D eigenvalue weighted by molar-refractivity contribution is 0.174. The van der Waals surface area contributed by atoms with Crippen LogP contribution in [0.15, 0.2) is 6.20 Å². The minimum Gasteiger partial charge on any atom is -0.383 e. The molecule has 0 aliphatic rings. The molecule has 0 saturated carbocycles. The van der Waals surface area contributed by atoms with Crippen LogP contribution >= 0.6 is 23.2 Å². The van der Waals surface area contributed by atoms with Gasteiger partial charge in [0.25, 0.3) is 10.1 Å². The minimum atomic E-state index is -3.46. The van der Waals surface area contributed by atoms with Gasteiger partial charge in [-0.1, -0.05) is 11.6 Å². The second-order valence-corrected chi connectivity index (χ2v) is 6.34. The van der Waals surface area contributed by atoms with Gasteiger partial charge in [0.1, 0.15) is 10.8 Å². The number of hydrogen-bond donors (Lipinski definition) is 1. The van der Waals surface area contributed by atoms with E-state index in [1.165, 1.54) is 13.3 Å². The molecule has 7 nitrogen and oxygen atoms in total. The first-order valence-corrected chi connectivity index (χ1v) is 8.17. The Morgan fingerprint density at radius 2 is 2.15 bits per heavy atom. The van der Waals surface area contributed by atoms with Gasteiger partial charge in [0.15, 0.2) is 0 Å². The van der Waals surface area contributed by atoms with Crippen LogP contribution in [0.5, 0.6) is 0 Å². The number of aromatic nitrogens is 2. The topological polar surface area (TPSA) is 90.4 Å². The summed E-state index contributed by atoms with van der Waals surface area (Å²) in [5.74, 6) is 0.355. The van der Waals surface area contributed by atoms with E-state index in [1.54, 1.807) is 0 Å². The Morgan fingerprint density at radius 1 is 1.45 bits per heavy atom. The number of nitrogens with one attached hydrogen (secondary N) is 1. The fraction of sp³-hybridized carbons (Fsp3) is 0.600. The number of methoxy groups -OCH3 is 1. The summed E-state index contributed by atoms with van der Waals surface area (Å²) >= 11 is 11.6. The van der Waals surface area contributed by atoms with E-state index in [2.05, 4.69) is 19.5 Å². The summed E-state index contributed by atoms with van der Waals surface area (Å²) < 4.78 is 31.5. The van der Waals surface area contributed by atoms with E-state index in [0.29, 0.717) is 23.9 Å². The van der Waals surface area contributed by atoms with E-state index in [1.807, 2.05) is 0 Å². The van der Waals surface area contributed by atoms with E-state index in [4.69, 9.17) is 27.9 Å². The van der Waals surface area contributed by atoms with Crippen LogP contribution in [0, 0.1) is 0 Å². The van der Waals surface area contributed by atoms with Gasteiger partial charge in [-0.25, -0.2) is 4.98 Å². The summed E-state index contributed by atoms with van der Waals surface area (Å²) in [4.78, 5) is 7.68. The molecule has 114 valence electrons. The molecule has 1 unspecified atom stereocenters. The van der Waals surface area contributed by atoms with Crippen molar-refractivity contribution < 1.29 is 17.3 Å². The lowest BCUT2D eigenvalue weighted by Crippen LogP contribution is -2.27. The molecule has 0 spiro atoms. The Labute approximate surface area is 127 Å². The highest BCUT2D eigenvalue weighted by atomic mass is 35.5. The molecule has 20 heavy (non-hydrogen) atoms. The van der Waals surface area contributed by atoms with E-state index >= 15 is 0 Å². The molecule has 1 rings (SSSR count). The van der Waals surface area contributed by atoms with Crippen molar-refractivity contribution in [1.29, 1.82) is 0 Å². The van der Waals surface area contributed by atoms with Crippen LogP contribution in [-0.2, 0) is 19.0 Å². The van der Waals surface area contributed by atoms with Crippen molar-refractivity contribution in [2.75, 3.05) is 31.9 Å². The van der Waals surface area contributed by atoms with Gasteiger partial charge in [0.2, 0.25) is 5.28 Å². The fourth-order valence-electron chi connectivity index (χ4n) is 1.38. The molecule has 1 aromatic rings. The Hall–Kier alpha value is -0.670. The van der Waals surface area contributed by atoms with Crippen molar-refractivity contribution in [2.45, 2.75) is 12.5 Å². The summed E-state index contributed by atoms with van der Waals surface area (Å²) in [5, 5.41) is 3.37. The zero-order valence-corrected chi connectivity index (χ0v) is 13.3. The van der Waals surface area contributed by atoms with Crippen molar-refractivity contribution in [2.24, 2.45) is 0 Å². The first-order valence-electron chi connectivity index (χ1n) is 5.59. The summed E-state index contributed by atoms with van der Waals surface area (Å²) in [5.41, 5.74) is 0. The lowest BCUT2D eigenvalue weighted by atomic mass is 10.2. The monoisotopic (exact) mass is 343 g/mol. The first-order chi connectivity index (χ1) is 9.31. The number of halogens is 2. The largest absolute Gasteiger partial charge is 0.383 e. The maximum absolute atomic E-state index is 10.9. The zero-order valence-electron chi connectivity index (χ0n) is 11.0. The second kappa shape index (κ2) is 7.94. The molecule has 0 bridgehead atoms. The van der Waals surface area contributed by atoms with Crippen molar-refractivity contribution in [3.8, 4) is 0 Å². The molecule has 0 saturated heterocycles. The van der Waals surface area contributed by atoms with E-state index in [-0.39, 0.29) is 17.9 Å². The average molecular weight is 344 g/mol. The van der Waals surface area contributed by atoms with Gasteiger partial charge < -0.3 is 10.1 Å². The molecule has 1 atom stereocenters. The Morgan fingerprint density at radius 3 is 2.75 bits per heavy atom. The number of hydrogen-bond acceptors (Lipinski definition) is 7. The minimum absolute atomic E-state index is 0.0241. The molecule has 0 aliphatic heterocycles. The normalized spacial score (nSPS) is 13.2. The van der Waals surface area contributed by atoms with Crippen LogP contribution in [0.3, 0.4) is 0 Å². The average Bonchev–Trinajstić information content (AvgIpc) is 2.32. The molecule has 1 aromatic heterocycles. The number of rotatable bonds is 8. The van der Waals surface area contributed by atoms with Crippen molar-refractivity contribution >= 4 is 39.1 Å². The maximum Gasteiger partial charge on any atom is 0.264 e. The van der Waals surface area contributed by atoms with Gasteiger partial charge in [-0.15, -0.1) is 0 Å². The molecular weight excluding hydrogens is 329 g/mol. The van der Waals surface area contributed by atoms with Gasteiger partial charge >= 0.3 is 0 Å². The highest BCUT2D eigenvalue weighted by Crippen LogP contribution is 2.20. The van der Waals surface area contributed by atoms with Gasteiger partial charge in [-0.3, -0.25) is 4.18 Å². The standard InChI is InChI=1S/C10H15Cl2N3O4S/c1-18-6-7(3-4-19-20(2,16)17)14-9-8(11)5-13-10(12)15-9/h5,7H,3-4,6H2,1-2H3,(H,13,14,15). The van der Waals surface area contributed by atoms with Crippen LogP contribution in [0.4, 0.5) is 5.82 Å². The Bertz CT molecular complexity index is 541. The number of nitrogens with zero attached hydrogens (tertiary/aromatic N) is 2. The van der Waals surface area contributed by atoms with Gasteiger partial charge in [-0.05, 0) is 18.0 Å². The highest BCUT2D eigenvalue weighted by molar-refractivity contribution is 7.85. The third-order valence-corrected chi connectivity index (χ3v) is 3.24. The van der Waals surface area contributed by atoms with Crippen molar-refractivity contribution in [3.63, 3.8) is 0 Å². The molecule has 1 heterocycles. The van der Waals surface area contributed by atoms with Crippen LogP contribution in [0.1, 0.15) is 6.42 Å². The maximum atomic E-state index is 10.9. The van der Waals surface area contributed by atoms with E-state index < -0.39 is 10.1 Å². The molecule has 0 aromatic carbocycles. The van der Waals surface area contributed by atoms with Crippen molar-refractivity contribution in [1.82, 2.24) is 9.97 Å². The quantitative estimate of drug-likeness (QED) is 0.565. The molecule has 0 aliphatic carbocycles. The van der Waals surface area contributed by atoms with Gasteiger partial charge in [-0.2, -0.15) is 13.4 Å². The summed E-state index contributed by atoms with van der Waals surface area (Å²) in [6, 6.07) is -0.231. The van der Waals surface area contributed by atoms with Crippen LogP contribution in [0.2, 0.25) is 10.3 Å². The first kappa shape index (κ1) is 17.4. The Kier molecular flexibility index (Phi) is 6.90. The highest BCUT2D eigenvalue weighted by Gasteiger charge is 2.13. The fourth-order valence-corrected chi connectivity index (χ4v) is 2.06.